The van der Waals surface area contributed by atoms with Crippen LogP contribution >= 0.6 is 0 Å². The minimum Gasteiger partial charge on any atom is -0.497 e. The van der Waals surface area contributed by atoms with Gasteiger partial charge in [-0.05, 0) is 31.2 Å². The van der Waals surface area contributed by atoms with Gasteiger partial charge in [0.2, 0.25) is 0 Å². The summed E-state index contributed by atoms with van der Waals surface area (Å²) in [4.78, 5) is 13.9. The molecule has 2 heterocycles. The minimum absolute atomic E-state index is 0.00164. The van der Waals surface area contributed by atoms with Gasteiger partial charge in [-0.2, -0.15) is 0 Å². The molecular weight excluding hydrogens is 258 g/mol. The Hall–Kier alpha value is -1.85. The zero-order valence-corrected chi connectivity index (χ0v) is 11.5. The van der Waals surface area contributed by atoms with Gasteiger partial charge in [0.25, 0.3) is 5.91 Å². The molecule has 0 radical (unpaired) electrons. The predicted octanol–water partition coefficient (Wildman–Crippen LogP) is 1.73. The normalized spacial score (nSPS) is 25.1. The molecule has 2 saturated heterocycles. The Morgan fingerprint density at radius 3 is 2.45 bits per heavy atom. The van der Waals surface area contributed by atoms with E-state index in [-0.39, 0.29) is 18.2 Å². The van der Waals surface area contributed by atoms with Crippen molar-refractivity contribution < 1.29 is 19.0 Å². The third-order valence-corrected chi connectivity index (χ3v) is 3.63. The molecule has 1 aromatic rings. The molecule has 106 valence electrons. The van der Waals surface area contributed by atoms with E-state index in [0.717, 1.165) is 17.0 Å². The first-order valence-corrected chi connectivity index (χ1v) is 6.63. The number of hydrogen-bond donors (Lipinski definition) is 0. The van der Waals surface area contributed by atoms with Crippen molar-refractivity contribution in [1.29, 1.82) is 0 Å². The van der Waals surface area contributed by atoms with Crippen LogP contribution in [0.2, 0.25) is 0 Å². The van der Waals surface area contributed by atoms with Crippen LogP contribution in [0.4, 0.5) is 5.69 Å². The van der Waals surface area contributed by atoms with Crippen molar-refractivity contribution >= 4 is 11.6 Å². The molecule has 2 aliphatic heterocycles. The zero-order chi connectivity index (χ0) is 14.1. The Morgan fingerprint density at radius 2 is 1.90 bits per heavy atom. The van der Waals surface area contributed by atoms with Gasteiger partial charge in [-0.3, -0.25) is 9.69 Å². The first kappa shape index (κ1) is 13.1. The molecule has 20 heavy (non-hydrogen) atoms. The number of nitrogens with zero attached hydrogens (tertiary/aromatic N) is 1. The molecule has 5 heteroatoms. The van der Waals surface area contributed by atoms with Gasteiger partial charge in [-0.1, -0.05) is 6.08 Å². The number of benzene rings is 1. The smallest absolute Gasteiger partial charge is 0.256 e. The zero-order valence-electron chi connectivity index (χ0n) is 11.5. The van der Waals surface area contributed by atoms with Gasteiger partial charge in [-0.15, -0.1) is 0 Å². The van der Waals surface area contributed by atoms with E-state index in [2.05, 4.69) is 0 Å². The van der Waals surface area contributed by atoms with Crippen molar-refractivity contribution in [2.24, 2.45) is 0 Å². The van der Waals surface area contributed by atoms with Crippen LogP contribution < -0.4 is 9.64 Å². The SMILES string of the molecule is C/C=C1\C(=O)N(c2ccc(OC)cc2)C1C1OCCO1. The van der Waals surface area contributed by atoms with Crippen LogP contribution in [0.15, 0.2) is 35.9 Å². The van der Waals surface area contributed by atoms with Gasteiger partial charge in [-0.25, -0.2) is 0 Å². The molecule has 1 amide bonds. The number of anilines is 1. The van der Waals surface area contributed by atoms with Crippen molar-refractivity contribution in [2.75, 3.05) is 25.2 Å². The highest BCUT2D eigenvalue weighted by molar-refractivity contribution is 6.15. The fraction of sp³-hybridized carbons (Fsp3) is 0.400. The van der Waals surface area contributed by atoms with E-state index in [0.29, 0.717) is 13.2 Å². The van der Waals surface area contributed by atoms with Gasteiger partial charge >= 0.3 is 0 Å². The van der Waals surface area contributed by atoms with Crippen LogP contribution in [0, 0.1) is 0 Å². The summed E-state index contributed by atoms with van der Waals surface area (Å²) in [5.41, 5.74) is 1.57. The Balaban J connectivity index is 1.87. The molecule has 0 aliphatic carbocycles. The summed E-state index contributed by atoms with van der Waals surface area (Å²) in [5, 5.41) is 0. The Bertz CT molecular complexity index is 531. The Morgan fingerprint density at radius 1 is 1.25 bits per heavy atom. The van der Waals surface area contributed by atoms with Crippen molar-refractivity contribution in [3.05, 3.63) is 35.9 Å². The molecular formula is C15H17NO4. The number of hydrogen-bond acceptors (Lipinski definition) is 4. The Labute approximate surface area is 117 Å². The molecule has 5 nitrogen and oxygen atoms in total. The van der Waals surface area contributed by atoms with E-state index < -0.39 is 0 Å². The van der Waals surface area contributed by atoms with Crippen molar-refractivity contribution in [3.63, 3.8) is 0 Å². The molecule has 0 aromatic heterocycles. The third-order valence-electron chi connectivity index (χ3n) is 3.63. The maximum atomic E-state index is 12.2. The number of β-lactam (4-membered cyclic amide) rings is 1. The number of amides is 1. The second-order valence-electron chi connectivity index (χ2n) is 4.67. The highest BCUT2D eigenvalue weighted by Gasteiger charge is 2.49. The lowest BCUT2D eigenvalue weighted by atomic mass is 9.92. The first-order chi connectivity index (χ1) is 9.76. The first-order valence-electron chi connectivity index (χ1n) is 6.63. The van der Waals surface area contributed by atoms with Gasteiger partial charge in [0.15, 0.2) is 6.29 Å². The highest BCUT2D eigenvalue weighted by atomic mass is 16.7. The number of methoxy groups -OCH3 is 1. The summed E-state index contributed by atoms with van der Waals surface area (Å²) >= 11 is 0. The summed E-state index contributed by atoms with van der Waals surface area (Å²) in [6, 6.07) is 7.24. The summed E-state index contributed by atoms with van der Waals surface area (Å²) in [6.07, 6.45) is 1.46. The molecule has 2 fully saturated rings. The predicted molar refractivity (Wildman–Crippen MR) is 73.7 cm³/mol. The van der Waals surface area contributed by atoms with Crippen LogP contribution in [0.5, 0.6) is 5.75 Å². The standard InChI is InChI=1S/C15H17NO4/c1-3-12-13(15-19-8-9-20-15)16(14(12)17)10-4-6-11(18-2)7-5-10/h3-7,13,15H,8-9H2,1-2H3/b12-3-. The van der Waals surface area contributed by atoms with E-state index >= 15 is 0 Å². The quantitative estimate of drug-likeness (QED) is 0.622. The van der Waals surface area contributed by atoms with Crippen molar-refractivity contribution in [3.8, 4) is 5.75 Å². The van der Waals surface area contributed by atoms with Gasteiger partial charge in [0, 0.05) is 11.3 Å². The number of carbonyl (C=O) groups is 1. The minimum atomic E-state index is -0.374. The number of ether oxygens (including phenoxy) is 3. The summed E-state index contributed by atoms with van der Waals surface area (Å²) in [7, 11) is 1.62. The molecule has 0 spiro atoms. The van der Waals surface area contributed by atoms with Crippen LogP contribution in [-0.2, 0) is 14.3 Å². The van der Waals surface area contributed by atoms with Crippen molar-refractivity contribution in [2.45, 2.75) is 19.3 Å². The van der Waals surface area contributed by atoms with E-state index in [1.54, 1.807) is 12.0 Å². The summed E-state index contributed by atoms with van der Waals surface area (Å²) in [5.74, 6) is 0.764. The number of carbonyl (C=O) groups excluding carboxylic acids is 1. The van der Waals surface area contributed by atoms with Crippen LogP contribution in [0.25, 0.3) is 0 Å². The largest absolute Gasteiger partial charge is 0.497 e. The summed E-state index contributed by atoms with van der Waals surface area (Å²) in [6.45, 7) is 3.01. The summed E-state index contributed by atoms with van der Waals surface area (Å²) < 4.78 is 16.2. The van der Waals surface area contributed by atoms with E-state index in [4.69, 9.17) is 14.2 Å². The molecule has 1 unspecified atom stereocenters. The molecule has 0 saturated carbocycles. The lowest BCUT2D eigenvalue weighted by molar-refractivity contribution is -0.126. The van der Waals surface area contributed by atoms with E-state index in [1.165, 1.54) is 0 Å². The number of rotatable bonds is 3. The second kappa shape index (κ2) is 5.26. The molecule has 3 rings (SSSR count). The lowest BCUT2D eigenvalue weighted by Crippen LogP contribution is -2.61. The molecule has 2 aliphatic rings. The van der Waals surface area contributed by atoms with E-state index in [1.807, 2.05) is 37.3 Å². The van der Waals surface area contributed by atoms with Crippen LogP contribution in [0.1, 0.15) is 6.92 Å². The highest BCUT2D eigenvalue weighted by Crippen LogP contribution is 2.36. The monoisotopic (exact) mass is 275 g/mol. The van der Waals surface area contributed by atoms with Crippen molar-refractivity contribution in [1.82, 2.24) is 0 Å². The van der Waals surface area contributed by atoms with Crippen LogP contribution in [0.3, 0.4) is 0 Å². The van der Waals surface area contributed by atoms with Gasteiger partial charge < -0.3 is 14.2 Å². The second-order valence-corrected chi connectivity index (χ2v) is 4.67. The van der Waals surface area contributed by atoms with Gasteiger partial charge in [0.1, 0.15) is 11.8 Å². The maximum absolute atomic E-state index is 12.2. The third kappa shape index (κ3) is 1.99. The average molecular weight is 275 g/mol. The maximum Gasteiger partial charge on any atom is 0.256 e. The molecule has 1 aromatic carbocycles. The van der Waals surface area contributed by atoms with Crippen LogP contribution in [-0.4, -0.2) is 38.6 Å². The van der Waals surface area contributed by atoms with Gasteiger partial charge in [0.05, 0.1) is 20.3 Å². The lowest BCUT2D eigenvalue weighted by Gasteiger charge is -2.44. The molecule has 1 atom stereocenters. The molecule has 0 N–H and O–H groups in total. The topological polar surface area (TPSA) is 48.0 Å². The Kier molecular flexibility index (Phi) is 3.46. The number of allylic oxidation sites excluding steroid dienone is 1. The molecule has 0 bridgehead atoms. The fourth-order valence-electron chi connectivity index (χ4n) is 2.61. The fourth-order valence-corrected chi connectivity index (χ4v) is 2.61. The van der Waals surface area contributed by atoms with E-state index in [9.17, 15) is 4.79 Å². The average Bonchev–Trinajstić information content (AvgIpc) is 2.99.